The molecule has 0 aliphatic heterocycles. The lowest BCUT2D eigenvalue weighted by molar-refractivity contribution is -0.201. The molecule has 2 aromatic rings. The van der Waals surface area contributed by atoms with E-state index in [9.17, 15) is 4.79 Å². The SMILES string of the molecule is CC1(C)C(CCCCc2nc(Br)ccc2C=O)C(C)(C)C1Oc1ccc(C#N)c(Cl)c1. The fraction of sp³-hybridized carbons (Fsp3) is 0.480. The number of nitrogens with zero attached hydrogens (tertiary/aromatic N) is 2. The van der Waals surface area contributed by atoms with Crippen LogP contribution in [0.5, 0.6) is 5.75 Å². The van der Waals surface area contributed by atoms with Crippen molar-refractivity contribution in [1.29, 1.82) is 5.26 Å². The molecular weight excluding hydrogens is 476 g/mol. The van der Waals surface area contributed by atoms with E-state index < -0.39 is 0 Å². The molecule has 0 amide bonds. The van der Waals surface area contributed by atoms with Crippen LogP contribution >= 0.6 is 27.5 Å². The maximum Gasteiger partial charge on any atom is 0.151 e. The third-order valence-corrected chi connectivity index (χ3v) is 7.48. The molecule has 0 N–H and O–H groups in total. The summed E-state index contributed by atoms with van der Waals surface area (Å²) < 4.78 is 7.12. The summed E-state index contributed by atoms with van der Waals surface area (Å²) in [6, 6.07) is 11.0. The van der Waals surface area contributed by atoms with Crippen LogP contribution in [-0.2, 0) is 6.42 Å². The number of carbonyl (C=O) groups is 1. The molecule has 1 aromatic heterocycles. The zero-order valence-electron chi connectivity index (χ0n) is 18.4. The van der Waals surface area contributed by atoms with Gasteiger partial charge in [0, 0.05) is 22.5 Å². The first-order chi connectivity index (χ1) is 14.6. The Bertz CT molecular complexity index is 997. The molecule has 1 fully saturated rings. The van der Waals surface area contributed by atoms with Gasteiger partial charge in [0.15, 0.2) is 6.29 Å². The largest absolute Gasteiger partial charge is 0.489 e. The Labute approximate surface area is 198 Å². The first kappa shape index (κ1) is 23.8. The van der Waals surface area contributed by atoms with Crippen LogP contribution in [0, 0.1) is 28.1 Å². The molecule has 1 saturated carbocycles. The third-order valence-electron chi connectivity index (χ3n) is 6.72. The molecule has 3 rings (SSSR count). The van der Waals surface area contributed by atoms with Crippen molar-refractivity contribution in [1.82, 2.24) is 4.98 Å². The number of unbranched alkanes of at least 4 members (excludes halogenated alkanes) is 1. The Morgan fingerprint density at radius 1 is 1.19 bits per heavy atom. The van der Waals surface area contributed by atoms with Crippen LogP contribution in [-0.4, -0.2) is 17.4 Å². The van der Waals surface area contributed by atoms with Crippen molar-refractivity contribution in [3.63, 3.8) is 0 Å². The van der Waals surface area contributed by atoms with Crippen LogP contribution in [0.4, 0.5) is 0 Å². The number of nitriles is 1. The molecule has 164 valence electrons. The number of hydrogen-bond donors (Lipinski definition) is 0. The predicted octanol–water partition coefficient (Wildman–Crippen LogP) is 7.02. The Morgan fingerprint density at radius 2 is 1.90 bits per heavy atom. The molecule has 6 heteroatoms. The second kappa shape index (κ2) is 9.30. The van der Waals surface area contributed by atoms with Crippen LogP contribution < -0.4 is 4.74 Å². The van der Waals surface area contributed by atoms with Crippen molar-refractivity contribution >= 4 is 33.8 Å². The standard InChI is InChI=1S/C25H28BrClN2O2/c1-24(2)21(8-6-5-7-20-17(15-30)10-12-22(26)29-20)25(3,4)23(24)31-18-11-9-16(14-28)19(27)13-18/h9-13,15,21,23H,5-8H2,1-4H3. The molecule has 1 aromatic carbocycles. The number of halogens is 2. The summed E-state index contributed by atoms with van der Waals surface area (Å²) in [6.07, 6.45) is 4.89. The van der Waals surface area contributed by atoms with Gasteiger partial charge in [-0.15, -0.1) is 0 Å². The summed E-state index contributed by atoms with van der Waals surface area (Å²) in [5, 5.41) is 9.49. The van der Waals surface area contributed by atoms with Gasteiger partial charge in [-0.2, -0.15) is 5.26 Å². The molecule has 1 aliphatic carbocycles. The number of aromatic nitrogens is 1. The third kappa shape index (κ3) is 4.81. The van der Waals surface area contributed by atoms with E-state index in [2.05, 4.69) is 54.7 Å². The van der Waals surface area contributed by atoms with Gasteiger partial charge in [0.1, 0.15) is 22.5 Å². The second-order valence-electron chi connectivity index (χ2n) is 9.48. The Hall–Kier alpha value is -1.90. The van der Waals surface area contributed by atoms with Crippen LogP contribution in [0.2, 0.25) is 5.02 Å². The lowest BCUT2D eigenvalue weighted by Crippen LogP contribution is -2.65. The zero-order chi connectivity index (χ0) is 22.8. The van der Waals surface area contributed by atoms with Crippen LogP contribution in [0.25, 0.3) is 0 Å². The second-order valence-corrected chi connectivity index (χ2v) is 10.7. The van der Waals surface area contributed by atoms with Gasteiger partial charge in [0.25, 0.3) is 0 Å². The molecule has 0 unspecified atom stereocenters. The van der Waals surface area contributed by atoms with Gasteiger partial charge in [-0.1, -0.05) is 45.7 Å². The summed E-state index contributed by atoms with van der Waals surface area (Å²) in [5.41, 5.74) is 2.02. The molecular formula is C25H28BrClN2O2. The van der Waals surface area contributed by atoms with Crippen molar-refractivity contribution in [2.45, 2.75) is 59.5 Å². The summed E-state index contributed by atoms with van der Waals surface area (Å²) in [4.78, 5) is 15.7. The summed E-state index contributed by atoms with van der Waals surface area (Å²) in [7, 11) is 0. The highest BCUT2D eigenvalue weighted by Crippen LogP contribution is 2.62. The summed E-state index contributed by atoms with van der Waals surface area (Å²) >= 11 is 9.57. The highest BCUT2D eigenvalue weighted by Gasteiger charge is 2.62. The number of aldehydes is 1. The highest BCUT2D eigenvalue weighted by atomic mass is 79.9. The Balaban J connectivity index is 1.60. The van der Waals surface area contributed by atoms with Crippen molar-refractivity contribution in [3.05, 3.63) is 56.8 Å². The zero-order valence-corrected chi connectivity index (χ0v) is 20.8. The van der Waals surface area contributed by atoms with Gasteiger partial charge >= 0.3 is 0 Å². The van der Waals surface area contributed by atoms with E-state index in [1.165, 1.54) is 0 Å². The number of benzene rings is 1. The van der Waals surface area contributed by atoms with E-state index in [-0.39, 0.29) is 16.9 Å². The number of hydrogen-bond acceptors (Lipinski definition) is 4. The maximum atomic E-state index is 11.3. The lowest BCUT2D eigenvalue weighted by atomic mass is 9.44. The van der Waals surface area contributed by atoms with Crippen LogP contribution in [0.3, 0.4) is 0 Å². The minimum Gasteiger partial charge on any atom is -0.489 e. The monoisotopic (exact) mass is 502 g/mol. The van der Waals surface area contributed by atoms with E-state index >= 15 is 0 Å². The fourth-order valence-corrected chi connectivity index (χ4v) is 6.02. The topological polar surface area (TPSA) is 63.0 Å². The van der Waals surface area contributed by atoms with Crippen molar-refractivity contribution in [3.8, 4) is 11.8 Å². The first-order valence-corrected chi connectivity index (χ1v) is 11.7. The molecule has 0 spiro atoms. The van der Waals surface area contributed by atoms with Gasteiger partial charge in [-0.05, 0) is 65.4 Å². The molecule has 0 atom stereocenters. The average Bonchev–Trinajstić information content (AvgIpc) is 2.71. The molecule has 0 saturated heterocycles. The van der Waals surface area contributed by atoms with E-state index in [0.717, 1.165) is 42.3 Å². The molecule has 4 nitrogen and oxygen atoms in total. The van der Waals surface area contributed by atoms with Gasteiger partial charge in [0.05, 0.1) is 16.3 Å². The lowest BCUT2D eigenvalue weighted by Gasteiger charge is -2.63. The quantitative estimate of drug-likeness (QED) is 0.220. The molecule has 0 bridgehead atoms. The van der Waals surface area contributed by atoms with Gasteiger partial charge in [0.2, 0.25) is 0 Å². The number of pyridine rings is 1. The first-order valence-electron chi connectivity index (χ1n) is 10.6. The Kier molecular flexibility index (Phi) is 7.13. The van der Waals surface area contributed by atoms with E-state index in [4.69, 9.17) is 21.6 Å². The summed E-state index contributed by atoms with van der Waals surface area (Å²) in [6.45, 7) is 9.05. The fourth-order valence-electron chi connectivity index (χ4n) is 5.46. The molecule has 1 heterocycles. The van der Waals surface area contributed by atoms with Gasteiger partial charge in [-0.25, -0.2) is 4.98 Å². The van der Waals surface area contributed by atoms with Crippen LogP contribution in [0.1, 0.15) is 68.6 Å². The Morgan fingerprint density at radius 3 is 2.52 bits per heavy atom. The number of rotatable bonds is 8. The average molecular weight is 504 g/mol. The normalized spacial score (nSPS) is 21.1. The van der Waals surface area contributed by atoms with E-state index in [1.807, 2.05) is 12.1 Å². The smallest absolute Gasteiger partial charge is 0.151 e. The van der Waals surface area contributed by atoms with Crippen molar-refractivity contribution in [2.75, 3.05) is 0 Å². The van der Waals surface area contributed by atoms with E-state index in [0.29, 0.717) is 27.8 Å². The number of carbonyl (C=O) groups excluding carboxylic acids is 1. The van der Waals surface area contributed by atoms with Gasteiger partial charge < -0.3 is 4.74 Å². The molecule has 31 heavy (non-hydrogen) atoms. The number of ether oxygens (including phenoxy) is 1. The van der Waals surface area contributed by atoms with Gasteiger partial charge in [-0.3, -0.25) is 4.79 Å². The van der Waals surface area contributed by atoms with E-state index in [1.54, 1.807) is 18.2 Å². The van der Waals surface area contributed by atoms with Crippen molar-refractivity contribution in [2.24, 2.45) is 16.7 Å². The maximum absolute atomic E-state index is 11.3. The molecule has 1 aliphatic rings. The molecule has 0 radical (unpaired) electrons. The minimum atomic E-state index is 0.0197. The summed E-state index contributed by atoms with van der Waals surface area (Å²) in [5.74, 6) is 1.22. The van der Waals surface area contributed by atoms with Crippen molar-refractivity contribution < 1.29 is 9.53 Å². The van der Waals surface area contributed by atoms with Crippen LogP contribution in [0.15, 0.2) is 34.9 Å². The highest BCUT2D eigenvalue weighted by molar-refractivity contribution is 9.10. The number of aryl methyl sites for hydroxylation is 1. The predicted molar refractivity (Wildman–Crippen MR) is 127 cm³/mol. The minimum absolute atomic E-state index is 0.0197.